The summed E-state index contributed by atoms with van der Waals surface area (Å²) in [7, 11) is -5.46. The summed E-state index contributed by atoms with van der Waals surface area (Å²) in [5.74, 6) is -5.19. The molecule has 0 aromatic carbocycles. The summed E-state index contributed by atoms with van der Waals surface area (Å²) < 4.78 is 102. The first-order valence-electron chi connectivity index (χ1n) is 28.2. The van der Waals surface area contributed by atoms with Crippen molar-refractivity contribution in [3.8, 4) is 0 Å². The van der Waals surface area contributed by atoms with Crippen molar-refractivity contribution in [1.29, 1.82) is 0 Å². The highest BCUT2D eigenvalue weighted by Crippen LogP contribution is 2.32. The van der Waals surface area contributed by atoms with E-state index >= 15 is 0 Å². The van der Waals surface area contributed by atoms with Gasteiger partial charge in [-0.3, -0.25) is 38.4 Å². The van der Waals surface area contributed by atoms with Crippen LogP contribution in [0.1, 0.15) is 136 Å². The van der Waals surface area contributed by atoms with E-state index in [1.54, 1.807) is 0 Å². The van der Waals surface area contributed by atoms with Gasteiger partial charge in [0.2, 0.25) is 0 Å². The predicted octanol–water partition coefficient (Wildman–Crippen LogP) is 5.97. The van der Waals surface area contributed by atoms with Crippen molar-refractivity contribution < 1.29 is 122 Å². The minimum absolute atomic E-state index is 0.0909. The number of rotatable bonds is 37. The van der Waals surface area contributed by atoms with Crippen LogP contribution in [-0.2, 0) is 122 Å². The molecule has 26 nitrogen and oxygen atoms in total. The van der Waals surface area contributed by atoms with Crippen LogP contribution in [0.4, 0.5) is 0 Å². The Labute approximate surface area is 491 Å². The molecule has 0 bridgehead atoms. The van der Waals surface area contributed by atoms with E-state index in [1.807, 2.05) is 60.6 Å². The molecule has 0 aliphatic carbocycles. The molecule has 0 amide bonds. The van der Waals surface area contributed by atoms with Crippen molar-refractivity contribution in [2.24, 2.45) is 5.92 Å². The molecule has 2 aliphatic heterocycles. The second-order valence-corrected chi connectivity index (χ2v) is 24.4. The molecule has 2 aliphatic rings. The first kappa shape index (κ1) is 76.3. The molecule has 0 aromatic heterocycles. The quantitative estimate of drug-likeness (QED) is 0.0227. The number of carbonyl (C=O) groups is 8. The number of ether oxygens (including phenoxy) is 12. The van der Waals surface area contributed by atoms with Gasteiger partial charge in [0, 0.05) is 107 Å². The van der Waals surface area contributed by atoms with Gasteiger partial charge < -0.3 is 83.4 Å². The molecular formula is C55H94O26Si2. The Morgan fingerprint density at radius 2 is 0.771 bits per heavy atom. The van der Waals surface area contributed by atoms with E-state index in [9.17, 15) is 38.4 Å². The van der Waals surface area contributed by atoms with Crippen LogP contribution in [0.25, 0.3) is 0 Å². The van der Waals surface area contributed by atoms with Crippen LogP contribution in [0.5, 0.6) is 0 Å². The molecule has 2 fully saturated rings. The predicted molar refractivity (Wildman–Crippen MR) is 297 cm³/mol. The van der Waals surface area contributed by atoms with Gasteiger partial charge in [0.1, 0.15) is 25.4 Å². The van der Waals surface area contributed by atoms with Crippen LogP contribution in [0.3, 0.4) is 0 Å². The number of esters is 8. The lowest BCUT2D eigenvalue weighted by Gasteiger charge is -2.44. The lowest BCUT2D eigenvalue weighted by atomic mass is 9.98. The third-order valence-corrected chi connectivity index (χ3v) is 17.9. The summed E-state index contributed by atoms with van der Waals surface area (Å²) in [5, 5.41) is 0. The zero-order valence-electron chi connectivity index (χ0n) is 51.5. The molecule has 2 rings (SSSR count). The van der Waals surface area contributed by atoms with Gasteiger partial charge in [-0.1, -0.05) is 30.7 Å². The third kappa shape index (κ3) is 30.3. The van der Waals surface area contributed by atoms with Gasteiger partial charge in [-0.15, -0.1) is 0 Å². The van der Waals surface area contributed by atoms with Gasteiger partial charge in [-0.25, -0.2) is 0 Å². The molecule has 0 radical (unpaired) electrons. The number of hydrogen-bond donors (Lipinski definition) is 0. The fourth-order valence-corrected chi connectivity index (χ4v) is 14.0. The van der Waals surface area contributed by atoms with Crippen molar-refractivity contribution in [2.75, 3.05) is 66.1 Å². The normalized spacial score (nSPS) is 23.2. The van der Waals surface area contributed by atoms with Crippen LogP contribution in [0.15, 0.2) is 23.8 Å². The average molecular weight is 1230 g/mol. The Hall–Kier alpha value is -4.73. The van der Waals surface area contributed by atoms with Gasteiger partial charge in [-0.05, 0) is 80.1 Å². The van der Waals surface area contributed by atoms with E-state index < -0.39 is 127 Å². The number of carbonyl (C=O) groups excluding carboxylic acids is 8. The second kappa shape index (κ2) is 41.3. The molecule has 0 aromatic rings. The lowest BCUT2D eigenvalue weighted by molar-refractivity contribution is -0.307. The maximum absolute atomic E-state index is 12.0. The summed E-state index contributed by atoms with van der Waals surface area (Å²) in [5.41, 5.74) is 0.878. The highest BCUT2D eigenvalue weighted by atomic mass is 28.4. The monoisotopic (exact) mass is 1230 g/mol. The number of hydrogen-bond acceptors (Lipinski definition) is 26. The van der Waals surface area contributed by atoms with Crippen molar-refractivity contribution >= 4 is 65.4 Å². The fourth-order valence-electron chi connectivity index (χ4n) is 8.87. The van der Waals surface area contributed by atoms with Gasteiger partial charge in [-0.2, -0.15) is 0 Å². The van der Waals surface area contributed by atoms with Crippen molar-refractivity contribution in [2.45, 2.75) is 210 Å². The second-order valence-electron chi connectivity index (χ2n) is 19.0. The summed E-state index contributed by atoms with van der Waals surface area (Å²) in [6.07, 6.45) is -3.29. The van der Waals surface area contributed by atoms with Gasteiger partial charge in [0.05, 0.1) is 13.2 Å². The molecular weight excluding hydrogens is 1130 g/mol. The van der Waals surface area contributed by atoms with Crippen molar-refractivity contribution in [3.63, 3.8) is 0 Å². The highest BCUT2D eigenvalue weighted by Gasteiger charge is 2.54. The van der Waals surface area contributed by atoms with Gasteiger partial charge in [0.15, 0.2) is 49.2 Å². The number of allylic oxidation sites excluding steroid dienone is 2. The van der Waals surface area contributed by atoms with Crippen LogP contribution >= 0.6 is 0 Å². The standard InChI is InChI=1S/C29H50O13Si.C26H44O13Si/c1-10-36-43(37-11-2,38-12-3)15-13-14-19(4)16-20(5)17-35-29-28(41-24(9)33)27(40-23(8)32)26(39-22(7)31)25(42-29)18-34-21(6)30;1-8-33-40(34-9-2,35-10-3)16-14-12-11-13-15-31-26-25(38-21(7)30)24(37-20(6)29)23(36-19(5)28)22(39-26)17-32-18(4)27/h16,19,25-29H,10-15,17-18H2,1-9H3;11-12,22-26H,8-10,13-17H2,1-7H3/b20-16+;12-11+/t19?,25?,26-,27+,28?,29+;/m1./s1. The van der Waals surface area contributed by atoms with Crippen LogP contribution in [-0.4, -0.2) is 193 Å². The van der Waals surface area contributed by atoms with Gasteiger partial charge >= 0.3 is 65.4 Å². The average Bonchev–Trinajstić information content (AvgIpc) is 3.46. The Bertz CT molecular complexity index is 2000. The molecule has 0 saturated carbocycles. The summed E-state index contributed by atoms with van der Waals surface area (Å²) in [6.45, 7) is 27.6. The third-order valence-electron chi connectivity index (χ3n) is 11.6. The zero-order valence-corrected chi connectivity index (χ0v) is 53.5. The molecule has 478 valence electrons. The molecule has 8 unspecified atom stereocenters. The SMILES string of the molecule is CCO[Si](CC/C=C/CCOC1OC(COC(C)=O)C(OC(C)=O)C(OC(C)=O)C1OC(C)=O)(OCC)OCC.CCO[Si](CCCC(C)/C=C(\C)CO[C@H]1OC(COC(C)=O)[C@@H](OC(C)=O)[C@H](OC(C)=O)C1OC(C)=O)(OCC)OCC. The van der Waals surface area contributed by atoms with E-state index in [0.717, 1.165) is 32.3 Å². The minimum atomic E-state index is -2.74. The molecule has 2 heterocycles. The molecule has 2 saturated heterocycles. The van der Waals surface area contributed by atoms with Crippen LogP contribution in [0, 0.1) is 5.92 Å². The molecule has 0 spiro atoms. The fraction of sp³-hybridized carbons (Fsp3) is 0.782. The molecule has 83 heavy (non-hydrogen) atoms. The Morgan fingerprint density at radius 1 is 0.434 bits per heavy atom. The van der Waals surface area contributed by atoms with E-state index in [1.165, 1.54) is 41.5 Å². The van der Waals surface area contributed by atoms with Crippen LogP contribution < -0.4 is 0 Å². The Balaban J connectivity index is 0.000000832. The maximum atomic E-state index is 12.0. The van der Waals surface area contributed by atoms with E-state index in [-0.39, 0.29) is 32.3 Å². The van der Waals surface area contributed by atoms with Crippen molar-refractivity contribution in [3.05, 3.63) is 23.8 Å². The van der Waals surface area contributed by atoms with Crippen LogP contribution in [0.2, 0.25) is 12.1 Å². The topological polar surface area (TPSA) is 303 Å². The largest absolute Gasteiger partial charge is 0.501 e. The summed E-state index contributed by atoms with van der Waals surface area (Å²) in [4.78, 5) is 94.5. The van der Waals surface area contributed by atoms with E-state index in [0.29, 0.717) is 64.6 Å². The Kier molecular flexibility index (Phi) is 38.0. The molecule has 0 N–H and O–H groups in total. The first-order chi connectivity index (χ1) is 39.2. The first-order valence-corrected chi connectivity index (χ1v) is 32.1. The van der Waals surface area contributed by atoms with Crippen molar-refractivity contribution in [1.82, 2.24) is 0 Å². The molecule has 28 heteroatoms. The molecule has 11 atom stereocenters. The van der Waals surface area contributed by atoms with Gasteiger partial charge in [0.25, 0.3) is 0 Å². The van der Waals surface area contributed by atoms with E-state index in [2.05, 4.69) is 13.0 Å². The smallest absolute Gasteiger partial charge is 0.463 e. The van der Waals surface area contributed by atoms with E-state index in [4.69, 9.17) is 83.4 Å². The maximum Gasteiger partial charge on any atom is 0.501 e. The summed E-state index contributed by atoms with van der Waals surface area (Å²) >= 11 is 0. The minimum Gasteiger partial charge on any atom is -0.463 e. The highest BCUT2D eigenvalue weighted by molar-refractivity contribution is 6.61. The summed E-state index contributed by atoms with van der Waals surface area (Å²) in [6, 6.07) is 1.33. The zero-order chi connectivity index (χ0) is 62.7. The lowest BCUT2D eigenvalue weighted by Crippen LogP contribution is -2.63. The Morgan fingerprint density at radius 3 is 1.13 bits per heavy atom.